The van der Waals surface area contributed by atoms with E-state index >= 15 is 0 Å². The minimum Gasteiger partial charge on any atom is -0.341 e. The third-order valence-electron chi connectivity index (χ3n) is 3.91. The van der Waals surface area contributed by atoms with Crippen LogP contribution in [0.4, 0.5) is 4.79 Å². The summed E-state index contributed by atoms with van der Waals surface area (Å²) >= 11 is 0. The summed E-state index contributed by atoms with van der Waals surface area (Å²) in [5, 5.41) is 6.06. The first-order valence-corrected chi connectivity index (χ1v) is 7.44. The molecule has 2 rings (SSSR count). The molecular weight excluding hydrogens is 270 g/mol. The minimum absolute atomic E-state index is 0.00282. The predicted molar refractivity (Wildman–Crippen MR) is 81.0 cm³/mol. The molecule has 0 aromatic rings. The smallest absolute Gasteiger partial charge is 0.319 e. The number of amides is 3. The Kier molecular flexibility index (Phi) is 4.39. The lowest BCUT2D eigenvalue weighted by Gasteiger charge is -2.38. The number of nitrogens with zero attached hydrogens (tertiary/aromatic N) is 3. The maximum Gasteiger partial charge on any atom is 0.319 e. The molecule has 0 atom stereocenters. The van der Waals surface area contributed by atoms with Gasteiger partial charge in [0.1, 0.15) is 5.54 Å². The molecule has 21 heavy (non-hydrogen) atoms. The van der Waals surface area contributed by atoms with Crippen molar-refractivity contribution in [3.05, 3.63) is 0 Å². The van der Waals surface area contributed by atoms with Crippen molar-refractivity contribution in [2.24, 2.45) is 10.9 Å². The van der Waals surface area contributed by atoms with Gasteiger partial charge in [-0.15, -0.1) is 0 Å². The molecule has 0 aliphatic carbocycles. The molecule has 2 saturated heterocycles. The Morgan fingerprint density at radius 1 is 1.38 bits per heavy atom. The van der Waals surface area contributed by atoms with Crippen LogP contribution in [0.2, 0.25) is 0 Å². The molecule has 0 aromatic heterocycles. The zero-order valence-electron chi connectivity index (χ0n) is 13.3. The molecule has 0 radical (unpaired) electrons. The van der Waals surface area contributed by atoms with Gasteiger partial charge in [0.15, 0.2) is 5.96 Å². The molecule has 2 N–H and O–H groups in total. The van der Waals surface area contributed by atoms with Gasteiger partial charge in [-0.05, 0) is 18.8 Å². The van der Waals surface area contributed by atoms with Crippen molar-refractivity contribution in [3.8, 4) is 0 Å². The maximum atomic E-state index is 12.2. The van der Waals surface area contributed by atoms with E-state index in [1.54, 1.807) is 23.9 Å². The number of hydrogen-bond acceptors (Lipinski definition) is 3. The van der Waals surface area contributed by atoms with Crippen LogP contribution in [0.5, 0.6) is 0 Å². The van der Waals surface area contributed by atoms with Gasteiger partial charge in [-0.3, -0.25) is 15.1 Å². The van der Waals surface area contributed by atoms with Crippen LogP contribution >= 0.6 is 0 Å². The zero-order valence-corrected chi connectivity index (χ0v) is 13.3. The molecule has 7 heteroatoms. The summed E-state index contributed by atoms with van der Waals surface area (Å²) < 4.78 is 0. The fraction of sp³-hybridized carbons (Fsp3) is 0.786. The van der Waals surface area contributed by atoms with Crippen LogP contribution in [0.25, 0.3) is 0 Å². The Labute approximate surface area is 125 Å². The van der Waals surface area contributed by atoms with Crippen LogP contribution in [0.15, 0.2) is 4.99 Å². The first-order valence-electron chi connectivity index (χ1n) is 7.44. The molecule has 2 aliphatic rings. The monoisotopic (exact) mass is 295 g/mol. The molecule has 0 saturated carbocycles. The number of carbonyl (C=O) groups is 2. The average molecular weight is 295 g/mol. The lowest BCUT2D eigenvalue weighted by molar-refractivity contribution is -0.125. The highest BCUT2D eigenvalue weighted by Crippen LogP contribution is 2.25. The van der Waals surface area contributed by atoms with E-state index in [4.69, 9.17) is 0 Å². The van der Waals surface area contributed by atoms with Crippen molar-refractivity contribution in [2.75, 3.05) is 33.7 Å². The lowest BCUT2D eigenvalue weighted by Crippen LogP contribution is -2.57. The summed E-state index contributed by atoms with van der Waals surface area (Å²) in [5.41, 5.74) is -0.598. The number of piperidine rings is 1. The summed E-state index contributed by atoms with van der Waals surface area (Å²) in [7, 11) is 3.48. The number of carbonyl (C=O) groups excluding carboxylic acids is 2. The molecule has 2 fully saturated rings. The standard InChI is InChI=1S/C14H25N5O2/c1-10(2)9-15-12-16-11(20)14(17-12)5-7-19(8-6-14)13(21)18(3)4/h10H,5-9H2,1-4H3,(H2,15,16,17,20). The average Bonchev–Trinajstić information content (AvgIpc) is 2.73. The van der Waals surface area contributed by atoms with Crippen LogP contribution in [-0.2, 0) is 4.79 Å². The normalized spacial score (nSPS) is 22.6. The van der Waals surface area contributed by atoms with Gasteiger partial charge in [0.25, 0.3) is 5.91 Å². The number of guanidine groups is 1. The second-order valence-corrected chi connectivity index (χ2v) is 6.41. The van der Waals surface area contributed by atoms with Gasteiger partial charge in [-0.25, -0.2) is 4.79 Å². The van der Waals surface area contributed by atoms with Crippen LogP contribution < -0.4 is 10.6 Å². The van der Waals surface area contributed by atoms with Gasteiger partial charge in [0.05, 0.1) is 0 Å². The van der Waals surface area contributed by atoms with Crippen LogP contribution in [0, 0.1) is 5.92 Å². The van der Waals surface area contributed by atoms with E-state index in [1.165, 1.54) is 0 Å². The van der Waals surface area contributed by atoms with Crippen LogP contribution in [0.1, 0.15) is 26.7 Å². The first kappa shape index (κ1) is 15.6. The third-order valence-corrected chi connectivity index (χ3v) is 3.91. The van der Waals surface area contributed by atoms with E-state index in [2.05, 4.69) is 29.5 Å². The largest absolute Gasteiger partial charge is 0.341 e. The van der Waals surface area contributed by atoms with Crippen LogP contribution in [-0.4, -0.2) is 67.0 Å². The summed E-state index contributed by atoms with van der Waals surface area (Å²) in [6, 6.07) is -0.00282. The Hall–Kier alpha value is -1.79. The quantitative estimate of drug-likeness (QED) is 0.766. The molecule has 118 valence electrons. The molecule has 1 spiro atoms. The van der Waals surface area contributed by atoms with Crippen molar-refractivity contribution >= 4 is 17.9 Å². The molecule has 7 nitrogen and oxygen atoms in total. The predicted octanol–water partition coefficient (Wildman–Crippen LogP) is 0.234. The maximum absolute atomic E-state index is 12.2. The highest BCUT2D eigenvalue weighted by molar-refractivity contribution is 6.09. The van der Waals surface area contributed by atoms with Crippen LogP contribution in [0.3, 0.4) is 0 Å². The van der Waals surface area contributed by atoms with Gasteiger partial charge in [0.2, 0.25) is 0 Å². The Balaban J connectivity index is 1.98. The fourth-order valence-corrected chi connectivity index (χ4v) is 2.61. The summed E-state index contributed by atoms with van der Waals surface area (Å²) in [4.78, 5) is 31.9. The van der Waals surface area contributed by atoms with Gasteiger partial charge < -0.3 is 15.1 Å². The molecule has 2 heterocycles. The van der Waals surface area contributed by atoms with Gasteiger partial charge in [-0.1, -0.05) is 13.8 Å². The summed E-state index contributed by atoms with van der Waals surface area (Å²) in [6.07, 6.45) is 1.22. The Bertz CT molecular complexity index is 450. The topological polar surface area (TPSA) is 77.0 Å². The Morgan fingerprint density at radius 2 is 2.00 bits per heavy atom. The summed E-state index contributed by atoms with van der Waals surface area (Å²) in [5.74, 6) is 0.996. The zero-order chi connectivity index (χ0) is 15.6. The number of nitrogens with one attached hydrogen (secondary N) is 2. The minimum atomic E-state index is -0.598. The van der Waals surface area contributed by atoms with E-state index in [0.29, 0.717) is 44.4 Å². The third kappa shape index (κ3) is 3.28. The summed E-state index contributed by atoms with van der Waals surface area (Å²) in [6.45, 7) is 6.01. The highest BCUT2D eigenvalue weighted by atomic mass is 16.2. The molecule has 0 aromatic carbocycles. The van der Waals surface area contributed by atoms with Crippen molar-refractivity contribution in [1.82, 2.24) is 20.4 Å². The van der Waals surface area contributed by atoms with Crippen molar-refractivity contribution in [3.63, 3.8) is 0 Å². The van der Waals surface area contributed by atoms with Gasteiger partial charge in [0, 0.05) is 33.7 Å². The number of urea groups is 1. The first-order chi connectivity index (χ1) is 9.84. The van der Waals surface area contributed by atoms with E-state index in [1.807, 2.05) is 0 Å². The number of rotatable bonds is 2. The second kappa shape index (κ2) is 5.91. The molecule has 2 aliphatic heterocycles. The second-order valence-electron chi connectivity index (χ2n) is 6.41. The van der Waals surface area contributed by atoms with Crippen molar-refractivity contribution in [1.29, 1.82) is 0 Å². The molecule has 3 amide bonds. The number of hydrogen-bond donors (Lipinski definition) is 2. The molecule has 0 bridgehead atoms. The van der Waals surface area contributed by atoms with Gasteiger partial charge in [-0.2, -0.15) is 0 Å². The fourth-order valence-electron chi connectivity index (χ4n) is 2.61. The van der Waals surface area contributed by atoms with Crippen molar-refractivity contribution < 1.29 is 9.59 Å². The number of likely N-dealkylation sites (tertiary alicyclic amines) is 1. The van der Waals surface area contributed by atoms with E-state index in [0.717, 1.165) is 0 Å². The van der Waals surface area contributed by atoms with Gasteiger partial charge >= 0.3 is 6.03 Å². The lowest BCUT2D eigenvalue weighted by atomic mass is 9.88. The highest BCUT2D eigenvalue weighted by Gasteiger charge is 2.47. The van der Waals surface area contributed by atoms with E-state index < -0.39 is 5.54 Å². The van der Waals surface area contributed by atoms with E-state index in [-0.39, 0.29) is 11.9 Å². The van der Waals surface area contributed by atoms with E-state index in [9.17, 15) is 9.59 Å². The number of aliphatic imine (C=N–C) groups is 1. The molecular formula is C14H25N5O2. The van der Waals surface area contributed by atoms with Crippen molar-refractivity contribution in [2.45, 2.75) is 32.2 Å². The molecule has 0 unspecified atom stereocenters. The Morgan fingerprint density at radius 3 is 2.52 bits per heavy atom. The SMILES string of the molecule is CC(C)CN=C1NC(=O)C2(CCN(C(=O)N(C)C)CC2)N1.